The second-order valence-electron chi connectivity index (χ2n) is 6.14. The summed E-state index contributed by atoms with van der Waals surface area (Å²) in [5, 5.41) is 0. The fourth-order valence-electron chi connectivity index (χ4n) is 3.11. The molecule has 1 fully saturated rings. The van der Waals surface area contributed by atoms with Crippen molar-refractivity contribution in [2.24, 2.45) is 17.6 Å². The molecule has 0 radical (unpaired) electrons. The van der Waals surface area contributed by atoms with Crippen molar-refractivity contribution in [1.29, 1.82) is 0 Å². The Kier molecular flexibility index (Phi) is 4.81. The van der Waals surface area contributed by atoms with Gasteiger partial charge in [-0.3, -0.25) is 4.98 Å². The van der Waals surface area contributed by atoms with Crippen LogP contribution in [0.15, 0.2) is 18.5 Å². The number of nitrogens with zero attached hydrogens (tertiary/aromatic N) is 1. The fraction of sp³-hybridized carbons (Fsp3) is 0.688. The highest BCUT2D eigenvalue weighted by molar-refractivity contribution is 5.27. The summed E-state index contributed by atoms with van der Waals surface area (Å²) in [5.74, 6) is 2.79. The Morgan fingerprint density at radius 2 is 2.16 bits per heavy atom. The number of hydrogen-bond acceptors (Lipinski definition) is 3. The Bertz CT molecular complexity index is 405. The Balaban J connectivity index is 2.18. The lowest BCUT2D eigenvalue weighted by Crippen LogP contribution is -2.28. The van der Waals surface area contributed by atoms with Crippen LogP contribution in [-0.4, -0.2) is 17.6 Å². The summed E-state index contributed by atoms with van der Waals surface area (Å²) in [6.07, 6.45) is 7.72. The van der Waals surface area contributed by atoms with Gasteiger partial charge in [-0.2, -0.15) is 0 Å². The second kappa shape index (κ2) is 6.38. The fourth-order valence-corrected chi connectivity index (χ4v) is 3.11. The van der Waals surface area contributed by atoms with E-state index in [-0.39, 0.29) is 6.10 Å². The van der Waals surface area contributed by atoms with Gasteiger partial charge in [0.2, 0.25) is 0 Å². The molecule has 2 rings (SSSR count). The van der Waals surface area contributed by atoms with Crippen molar-refractivity contribution < 1.29 is 4.74 Å². The van der Waals surface area contributed by atoms with Crippen LogP contribution in [0.5, 0.6) is 5.75 Å². The van der Waals surface area contributed by atoms with E-state index < -0.39 is 0 Å². The number of rotatable bonds is 4. The third-order valence-corrected chi connectivity index (χ3v) is 4.09. The average molecular weight is 262 g/mol. The molecule has 1 heterocycles. The Hall–Kier alpha value is -1.09. The minimum atomic E-state index is 0.188. The van der Waals surface area contributed by atoms with Crippen molar-refractivity contribution in [3.05, 3.63) is 24.0 Å². The van der Waals surface area contributed by atoms with Gasteiger partial charge >= 0.3 is 0 Å². The van der Waals surface area contributed by atoms with Crippen molar-refractivity contribution >= 4 is 0 Å². The molecule has 3 atom stereocenters. The van der Waals surface area contributed by atoms with Gasteiger partial charge in [0.15, 0.2) is 0 Å². The third-order valence-electron chi connectivity index (χ3n) is 4.09. The minimum Gasteiger partial charge on any atom is -0.489 e. The lowest BCUT2D eigenvalue weighted by Gasteiger charge is -2.34. The molecule has 1 aromatic heterocycles. The van der Waals surface area contributed by atoms with Crippen molar-refractivity contribution in [2.75, 3.05) is 6.54 Å². The van der Waals surface area contributed by atoms with Crippen molar-refractivity contribution in [3.8, 4) is 5.75 Å². The van der Waals surface area contributed by atoms with Crippen LogP contribution in [0, 0.1) is 11.8 Å². The van der Waals surface area contributed by atoms with E-state index in [2.05, 4.69) is 18.0 Å². The van der Waals surface area contributed by atoms with E-state index >= 15 is 0 Å². The molecule has 0 aromatic carbocycles. The maximum absolute atomic E-state index is 5.94. The lowest BCUT2D eigenvalue weighted by molar-refractivity contribution is 0.237. The van der Waals surface area contributed by atoms with E-state index in [1.165, 1.54) is 24.8 Å². The Morgan fingerprint density at radius 3 is 2.84 bits per heavy atom. The molecule has 0 aliphatic heterocycles. The van der Waals surface area contributed by atoms with Crippen LogP contribution in [0.4, 0.5) is 0 Å². The largest absolute Gasteiger partial charge is 0.489 e. The highest BCUT2D eigenvalue weighted by Crippen LogP contribution is 2.40. The van der Waals surface area contributed by atoms with Gasteiger partial charge in [0, 0.05) is 6.20 Å². The van der Waals surface area contributed by atoms with Crippen molar-refractivity contribution in [3.63, 3.8) is 0 Å². The van der Waals surface area contributed by atoms with E-state index in [1.54, 1.807) is 6.20 Å². The standard InChI is InChI=1S/C16H26N2O/c1-11(2)19-15-7-14(9-18-10-15)16-6-12(3)4-5-13(16)8-17/h7,9-13,16H,4-6,8,17H2,1-3H3. The molecule has 0 bridgehead atoms. The number of pyridine rings is 1. The zero-order chi connectivity index (χ0) is 13.8. The number of ether oxygens (including phenoxy) is 1. The monoisotopic (exact) mass is 262 g/mol. The summed E-state index contributed by atoms with van der Waals surface area (Å²) >= 11 is 0. The van der Waals surface area contributed by atoms with E-state index in [4.69, 9.17) is 10.5 Å². The molecule has 3 heteroatoms. The summed E-state index contributed by atoms with van der Waals surface area (Å²) in [4.78, 5) is 4.34. The predicted molar refractivity (Wildman–Crippen MR) is 78.3 cm³/mol. The van der Waals surface area contributed by atoms with Crippen LogP contribution in [0.25, 0.3) is 0 Å². The quantitative estimate of drug-likeness (QED) is 0.905. The normalized spacial score (nSPS) is 27.5. The average Bonchev–Trinajstić information content (AvgIpc) is 2.38. The molecule has 1 aliphatic carbocycles. The van der Waals surface area contributed by atoms with Crippen LogP contribution in [0.3, 0.4) is 0 Å². The van der Waals surface area contributed by atoms with E-state index in [9.17, 15) is 0 Å². The number of hydrogen-bond donors (Lipinski definition) is 1. The first-order chi connectivity index (χ1) is 9.10. The molecule has 3 unspecified atom stereocenters. The molecular formula is C16H26N2O. The summed E-state index contributed by atoms with van der Waals surface area (Å²) in [5.41, 5.74) is 7.24. The first-order valence-corrected chi connectivity index (χ1v) is 7.41. The Labute approximate surface area is 116 Å². The molecule has 106 valence electrons. The molecule has 0 spiro atoms. The maximum atomic E-state index is 5.94. The van der Waals surface area contributed by atoms with Crippen LogP contribution >= 0.6 is 0 Å². The second-order valence-corrected chi connectivity index (χ2v) is 6.14. The highest BCUT2D eigenvalue weighted by atomic mass is 16.5. The van der Waals surface area contributed by atoms with Crippen LogP contribution in [0.2, 0.25) is 0 Å². The molecule has 1 aromatic rings. The Morgan fingerprint density at radius 1 is 1.37 bits per heavy atom. The smallest absolute Gasteiger partial charge is 0.138 e. The summed E-state index contributed by atoms with van der Waals surface area (Å²) < 4.78 is 5.75. The molecule has 0 amide bonds. The van der Waals surface area contributed by atoms with E-state index in [1.807, 2.05) is 20.0 Å². The van der Waals surface area contributed by atoms with Gasteiger partial charge in [0.25, 0.3) is 0 Å². The van der Waals surface area contributed by atoms with Gasteiger partial charge < -0.3 is 10.5 Å². The van der Waals surface area contributed by atoms with Gasteiger partial charge in [0.05, 0.1) is 12.3 Å². The van der Waals surface area contributed by atoms with E-state index in [0.717, 1.165) is 18.2 Å². The highest BCUT2D eigenvalue weighted by Gasteiger charge is 2.29. The molecule has 1 aliphatic rings. The molecule has 2 N–H and O–H groups in total. The predicted octanol–water partition coefficient (Wildman–Crippen LogP) is 3.35. The molecular weight excluding hydrogens is 236 g/mol. The molecule has 0 saturated heterocycles. The molecule has 3 nitrogen and oxygen atoms in total. The summed E-state index contributed by atoms with van der Waals surface area (Å²) in [7, 11) is 0. The third kappa shape index (κ3) is 3.69. The van der Waals surface area contributed by atoms with Gasteiger partial charge in [-0.05, 0) is 62.6 Å². The molecule has 19 heavy (non-hydrogen) atoms. The summed E-state index contributed by atoms with van der Waals surface area (Å²) in [6.45, 7) is 7.18. The zero-order valence-electron chi connectivity index (χ0n) is 12.3. The topological polar surface area (TPSA) is 48.1 Å². The van der Waals surface area contributed by atoms with Crippen LogP contribution in [-0.2, 0) is 0 Å². The van der Waals surface area contributed by atoms with Crippen molar-refractivity contribution in [2.45, 2.75) is 52.1 Å². The number of aromatic nitrogens is 1. The minimum absolute atomic E-state index is 0.188. The van der Waals surface area contributed by atoms with Crippen LogP contribution in [0.1, 0.15) is 51.5 Å². The van der Waals surface area contributed by atoms with Gasteiger partial charge in [0.1, 0.15) is 5.75 Å². The number of nitrogens with two attached hydrogens (primary N) is 1. The first-order valence-electron chi connectivity index (χ1n) is 7.41. The SMILES string of the molecule is CC1CCC(CN)C(c2cncc(OC(C)C)c2)C1. The van der Waals surface area contributed by atoms with Gasteiger partial charge in [-0.1, -0.05) is 13.3 Å². The van der Waals surface area contributed by atoms with E-state index in [0.29, 0.717) is 11.8 Å². The summed E-state index contributed by atoms with van der Waals surface area (Å²) in [6, 6.07) is 2.15. The zero-order valence-corrected chi connectivity index (χ0v) is 12.3. The lowest BCUT2D eigenvalue weighted by atomic mass is 9.72. The van der Waals surface area contributed by atoms with Gasteiger partial charge in [-0.25, -0.2) is 0 Å². The van der Waals surface area contributed by atoms with Gasteiger partial charge in [-0.15, -0.1) is 0 Å². The first kappa shape index (κ1) is 14.3. The van der Waals surface area contributed by atoms with Crippen molar-refractivity contribution in [1.82, 2.24) is 4.98 Å². The maximum Gasteiger partial charge on any atom is 0.138 e. The molecule has 1 saturated carbocycles. The van der Waals surface area contributed by atoms with Crippen LogP contribution < -0.4 is 10.5 Å².